The van der Waals surface area contributed by atoms with Crippen molar-refractivity contribution in [3.8, 4) is 0 Å². The molecule has 0 aliphatic heterocycles. The Kier molecular flexibility index (Phi) is 3.58. The lowest BCUT2D eigenvalue weighted by molar-refractivity contribution is 0.325. The first-order chi connectivity index (χ1) is 6.15. The molecule has 0 bridgehead atoms. The molecular weight excluding hydrogens is 209 g/mol. The molecule has 0 spiro atoms. The van der Waals surface area contributed by atoms with Gasteiger partial charge in [0, 0.05) is 5.56 Å². The maximum absolute atomic E-state index is 7.47. The molecule has 0 heterocycles. The Balaban J connectivity index is 2.90. The third kappa shape index (κ3) is 2.61. The topological polar surface area (TPSA) is 33.1 Å². The molecule has 0 amide bonds. The fraction of sp³-hybridized carbons (Fsp3) is 0.222. The largest absolute Gasteiger partial charge is 0.478 e. The zero-order valence-electron chi connectivity index (χ0n) is 7.10. The third-order valence-corrected chi connectivity index (χ3v) is 2.21. The summed E-state index contributed by atoms with van der Waals surface area (Å²) in [5.41, 5.74) is 0.635. The van der Waals surface area contributed by atoms with Crippen molar-refractivity contribution in [2.45, 2.75) is 6.92 Å². The summed E-state index contributed by atoms with van der Waals surface area (Å²) >= 11 is 11.5. The van der Waals surface area contributed by atoms with Crippen molar-refractivity contribution in [1.29, 1.82) is 5.41 Å². The van der Waals surface area contributed by atoms with E-state index < -0.39 is 0 Å². The number of hydrogen-bond donors (Lipinski definition) is 1. The van der Waals surface area contributed by atoms with Gasteiger partial charge in [0.25, 0.3) is 0 Å². The molecule has 0 atom stereocenters. The van der Waals surface area contributed by atoms with E-state index in [1.165, 1.54) is 0 Å². The van der Waals surface area contributed by atoms with Crippen molar-refractivity contribution in [1.82, 2.24) is 0 Å². The standard InChI is InChI=1S/C9H9Cl2NO/c1-2-13-9(12)6-3-4-7(10)8(11)5-6/h3-5,12H,2H2,1H3. The molecule has 0 radical (unpaired) electrons. The molecular formula is C9H9Cl2NO. The smallest absolute Gasteiger partial charge is 0.213 e. The second-order valence-corrected chi connectivity index (χ2v) is 3.21. The Labute approximate surface area is 86.9 Å². The molecule has 4 heteroatoms. The van der Waals surface area contributed by atoms with Gasteiger partial charge in [-0.05, 0) is 25.1 Å². The molecule has 2 nitrogen and oxygen atoms in total. The van der Waals surface area contributed by atoms with Crippen LogP contribution < -0.4 is 0 Å². The Hall–Kier alpha value is -0.730. The van der Waals surface area contributed by atoms with E-state index in [2.05, 4.69) is 0 Å². The van der Waals surface area contributed by atoms with Gasteiger partial charge in [-0.15, -0.1) is 0 Å². The van der Waals surface area contributed by atoms with Gasteiger partial charge in [0.2, 0.25) is 5.90 Å². The second kappa shape index (κ2) is 4.49. The average Bonchev–Trinajstić information content (AvgIpc) is 2.10. The van der Waals surface area contributed by atoms with Crippen LogP contribution in [-0.2, 0) is 4.74 Å². The predicted molar refractivity (Wildman–Crippen MR) is 54.9 cm³/mol. The highest BCUT2D eigenvalue weighted by molar-refractivity contribution is 6.42. The SMILES string of the molecule is CCOC(=N)c1ccc(Cl)c(Cl)c1. The first-order valence-electron chi connectivity index (χ1n) is 3.82. The van der Waals surface area contributed by atoms with Crippen molar-refractivity contribution in [2.24, 2.45) is 0 Å². The number of nitrogens with one attached hydrogen (secondary N) is 1. The number of benzene rings is 1. The lowest BCUT2D eigenvalue weighted by Gasteiger charge is -2.05. The molecule has 1 aromatic carbocycles. The highest BCUT2D eigenvalue weighted by atomic mass is 35.5. The van der Waals surface area contributed by atoms with Gasteiger partial charge in [-0.25, -0.2) is 0 Å². The summed E-state index contributed by atoms with van der Waals surface area (Å²) in [5.74, 6) is 0.112. The molecule has 1 aromatic rings. The fourth-order valence-electron chi connectivity index (χ4n) is 0.865. The van der Waals surface area contributed by atoms with Crippen molar-refractivity contribution in [3.05, 3.63) is 33.8 Å². The van der Waals surface area contributed by atoms with Crippen molar-refractivity contribution in [2.75, 3.05) is 6.61 Å². The highest BCUT2D eigenvalue weighted by Crippen LogP contribution is 2.22. The first-order valence-corrected chi connectivity index (χ1v) is 4.57. The molecule has 0 aromatic heterocycles. The summed E-state index contributed by atoms with van der Waals surface area (Å²) in [5, 5.41) is 8.39. The maximum Gasteiger partial charge on any atom is 0.213 e. The van der Waals surface area contributed by atoms with Gasteiger partial charge in [0.15, 0.2) is 0 Å². The molecule has 0 saturated heterocycles. The van der Waals surface area contributed by atoms with Crippen LogP contribution in [0.25, 0.3) is 0 Å². The van der Waals surface area contributed by atoms with Crippen LogP contribution in [0.15, 0.2) is 18.2 Å². The number of halogens is 2. The molecule has 1 rings (SSSR count). The Morgan fingerprint density at radius 3 is 2.62 bits per heavy atom. The Morgan fingerprint density at radius 2 is 2.08 bits per heavy atom. The van der Waals surface area contributed by atoms with Crippen LogP contribution in [0.4, 0.5) is 0 Å². The van der Waals surface area contributed by atoms with Crippen LogP contribution in [0.1, 0.15) is 12.5 Å². The second-order valence-electron chi connectivity index (χ2n) is 2.39. The zero-order valence-corrected chi connectivity index (χ0v) is 8.62. The van der Waals surface area contributed by atoms with Gasteiger partial charge < -0.3 is 4.74 Å². The lowest BCUT2D eigenvalue weighted by atomic mass is 10.2. The summed E-state index contributed by atoms with van der Waals surface area (Å²) in [6, 6.07) is 4.96. The molecule has 0 fully saturated rings. The maximum atomic E-state index is 7.47. The van der Waals surface area contributed by atoms with E-state index in [9.17, 15) is 0 Å². The molecule has 0 unspecified atom stereocenters. The van der Waals surface area contributed by atoms with E-state index in [0.29, 0.717) is 22.2 Å². The van der Waals surface area contributed by atoms with E-state index in [0.717, 1.165) is 0 Å². The van der Waals surface area contributed by atoms with Crippen LogP contribution in [0.3, 0.4) is 0 Å². The number of ether oxygens (including phenoxy) is 1. The summed E-state index contributed by atoms with van der Waals surface area (Å²) in [4.78, 5) is 0. The first kappa shape index (κ1) is 10.4. The van der Waals surface area contributed by atoms with Gasteiger partial charge in [0.05, 0.1) is 16.7 Å². The van der Waals surface area contributed by atoms with E-state index in [1.807, 2.05) is 6.92 Å². The van der Waals surface area contributed by atoms with Crippen molar-refractivity contribution < 1.29 is 4.74 Å². The summed E-state index contributed by atoms with van der Waals surface area (Å²) in [6.07, 6.45) is 0. The zero-order chi connectivity index (χ0) is 9.84. The molecule has 0 aliphatic carbocycles. The summed E-state index contributed by atoms with van der Waals surface area (Å²) in [6.45, 7) is 2.30. The lowest BCUT2D eigenvalue weighted by Crippen LogP contribution is -2.04. The van der Waals surface area contributed by atoms with Crippen LogP contribution in [0.2, 0.25) is 10.0 Å². The van der Waals surface area contributed by atoms with Crippen LogP contribution in [0.5, 0.6) is 0 Å². The van der Waals surface area contributed by atoms with Crippen molar-refractivity contribution in [3.63, 3.8) is 0 Å². The van der Waals surface area contributed by atoms with E-state index in [1.54, 1.807) is 18.2 Å². The average molecular weight is 218 g/mol. The van der Waals surface area contributed by atoms with Crippen LogP contribution >= 0.6 is 23.2 Å². The van der Waals surface area contributed by atoms with Gasteiger partial charge in [-0.1, -0.05) is 23.2 Å². The molecule has 0 saturated carbocycles. The van der Waals surface area contributed by atoms with E-state index in [4.69, 9.17) is 33.3 Å². The molecule has 13 heavy (non-hydrogen) atoms. The van der Waals surface area contributed by atoms with Crippen LogP contribution in [0, 0.1) is 5.41 Å². The Bertz CT molecular complexity index is 325. The normalized spacial score (nSPS) is 9.77. The van der Waals surface area contributed by atoms with Crippen molar-refractivity contribution >= 4 is 29.1 Å². The minimum Gasteiger partial charge on any atom is -0.478 e. The number of rotatable bonds is 2. The summed E-state index contributed by atoms with van der Waals surface area (Å²) in [7, 11) is 0. The summed E-state index contributed by atoms with van der Waals surface area (Å²) < 4.78 is 5.00. The van der Waals surface area contributed by atoms with Gasteiger partial charge in [-0.2, -0.15) is 0 Å². The number of hydrogen-bond acceptors (Lipinski definition) is 2. The van der Waals surface area contributed by atoms with E-state index >= 15 is 0 Å². The van der Waals surface area contributed by atoms with Gasteiger partial charge in [-0.3, -0.25) is 5.41 Å². The molecule has 1 N–H and O–H groups in total. The van der Waals surface area contributed by atoms with Gasteiger partial charge >= 0.3 is 0 Å². The van der Waals surface area contributed by atoms with E-state index in [-0.39, 0.29) is 5.90 Å². The minimum atomic E-state index is 0.112. The minimum absolute atomic E-state index is 0.112. The van der Waals surface area contributed by atoms with Gasteiger partial charge in [0.1, 0.15) is 0 Å². The Morgan fingerprint density at radius 1 is 1.38 bits per heavy atom. The van der Waals surface area contributed by atoms with Crippen LogP contribution in [-0.4, -0.2) is 12.5 Å². The highest BCUT2D eigenvalue weighted by Gasteiger charge is 2.04. The fourth-order valence-corrected chi connectivity index (χ4v) is 1.16. The molecule has 0 aliphatic rings. The molecule has 70 valence electrons. The predicted octanol–water partition coefficient (Wildman–Crippen LogP) is 3.36. The monoisotopic (exact) mass is 217 g/mol. The quantitative estimate of drug-likeness (QED) is 0.599. The third-order valence-electron chi connectivity index (χ3n) is 1.47.